The molecule has 0 aromatic carbocycles. The maximum Gasteiger partial charge on any atom is 0.411 e. The van der Waals surface area contributed by atoms with Crippen LogP contribution < -0.4 is 21.0 Å². The van der Waals surface area contributed by atoms with Gasteiger partial charge in [0.05, 0.1) is 17.9 Å². The Morgan fingerprint density at radius 2 is 2.13 bits per heavy atom. The van der Waals surface area contributed by atoms with E-state index >= 15 is 0 Å². The van der Waals surface area contributed by atoms with E-state index in [-0.39, 0.29) is 23.5 Å². The lowest BCUT2D eigenvalue weighted by Gasteiger charge is -2.34. The lowest BCUT2D eigenvalue weighted by Crippen LogP contribution is -2.54. The van der Waals surface area contributed by atoms with Crippen molar-refractivity contribution in [1.82, 2.24) is 35.7 Å². The van der Waals surface area contributed by atoms with Crippen molar-refractivity contribution in [3.05, 3.63) is 35.9 Å². The first-order chi connectivity index (χ1) is 14.6. The number of amides is 1. The minimum atomic E-state index is -4.61. The Bertz CT molecular complexity index is 1010. The summed E-state index contributed by atoms with van der Waals surface area (Å²) in [5.74, 6) is -0.452. The molecule has 9 nitrogen and oxygen atoms in total. The van der Waals surface area contributed by atoms with Gasteiger partial charge in [0.2, 0.25) is 0 Å². The molecule has 0 saturated carbocycles. The zero-order chi connectivity index (χ0) is 22.3. The highest BCUT2D eigenvalue weighted by molar-refractivity contribution is 6.00. The van der Waals surface area contributed by atoms with Gasteiger partial charge in [-0.05, 0) is 6.07 Å². The van der Waals surface area contributed by atoms with E-state index in [0.717, 1.165) is 11.2 Å². The normalized spacial score (nSPS) is 22.4. The highest BCUT2D eigenvalue weighted by atomic mass is 19.4. The Labute approximate surface area is 172 Å². The van der Waals surface area contributed by atoms with Gasteiger partial charge in [-0.3, -0.25) is 4.79 Å². The van der Waals surface area contributed by atoms with Crippen LogP contribution >= 0.6 is 0 Å². The van der Waals surface area contributed by atoms with Crippen LogP contribution in [0.1, 0.15) is 10.4 Å². The molecule has 1 amide bonds. The van der Waals surface area contributed by atoms with E-state index in [0.29, 0.717) is 18.9 Å². The summed E-state index contributed by atoms with van der Waals surface area (Å²) in [6, 6.07) is -1.50. The number of carbonyl (C=O) groups is 1. The van der Waals surface area contributed by atoms with Gasteiger partial charge in [0.1, 0.15) is 11.4 Å². The van der Waals surface area contributed by atoms with Crippen LogP contribution in [0, 0.1) is 0 Å². The van der Waals surface area contributed by atoms with Crippen LogP contribution in [0.5, 0.6) is 0 Å². The highest BCUT2D eigenvalue weighted by Gasteiger charge is 2.46. The molecule has 3 N–H and O–H groups in total. The molecule has 1 fully saturated rings. The molecule has 1 saturated heterocycles. The minimum Gasteiger partial charge on any atom is -0.353 e. The van der Waals surface area contributed by atoms with Crippen molar-refractivity contribution in [3.63, 3.8) is 0 Å². The van der Waals surface area contributed by atoms with E-state index in [1.54, 1.807) is 11.0 Å². The van der Waals surface area contributed by atoms with Crippen molar-refractivity contribution >= 4 is 17.4 Å². The number of hydrazine groups is 1. The van der Waals surface area contributed by atoms with Crippen LogP contribution in [-0.4, -0.2) is 76.9 Å². The number of rotatable bonds is 4. The Morgan fingerprint density at radius 1 is 1.35 bits per heavy atom. The third-order valence-electron chi connectivity index (χ3n) is 4.99. The van der Waals surface area contributed by atoms with Crippen molar-refractivity contribution in [2.75, 3.05) is 31.6 Å². The monoisotopic (exact) mass is 446 g/mol. The topological polar surface area (TPSA) is 89.8 Å². The first-order valence-electron chi connectivity index (χ1n) is 9.33. The number of aromatic nitrogens is 3. The molecule has 0 bridgehead atoms. The fourth-order valence-corrected chi connectivity index (χ4v) is 3.50. The molecule has 4 heterocycles. The Hall–Kier alpha value is -3.00. The molecule has 0 aliphatic carbocycles. The van der Waals surface area contributed by atoms with Crippen molar-refractivity contribution in [2.45, 2.75) is 24.7 Å². The molecule has 14 heteroatoms. The van der Waals surface area contributed by atoms with Gasteiger partial charge in [-0.2, -0.15) is 18.3 Å². The Balaban J connectivity index is 1.58. The van der Waals surface area contributed by atoms with Gasteiger partial charge in [0.25, 0.3) is 12.3 Å². The molecular formula is C17H19F5N8O. The Morgan fingerprint density at radius 3 is 2.84 bits per heavy atom. The Kier molecular flexibility index (Phi) is 5.43. The second-order valence-electron chi connectivity index (χ2n) is 7.21. The molecule has 31 heavy (non-hydrogen) atoms. The van der Waals surface area contributed by atoms with Crippen molar-refractivity contribution in [1.29, 1.82) is 0 Å². The number of anilines is 1. The number of hydrogen-bond donors (Lipinski definition) is 3. The summed E-state index contributed by atoms with van der Waals surface area (Å²) in [5.41, 5.74) is 1.88. The van der Waals surface area contributed by atoms with Crippen LogP contribution in [-0.2, 0) is 0 Å². The number of halogens is 5. The number of hydrogen-bond acceptors (Lipinski definition) is 7. The summed E-state index contributed by atoms with van der Waals surface area (Å²) in [6.45, 7) is 0.789. The SMILES string of the molecule is CN1C=C(NC(=O)c2cnn3ccc(N4CCNC(C(F)F)C4)nc23)C(C(F)(F)F)N1. The highest BCUT2D eigenvalue weighted by Crippen LogP contribution is 2.28. The lowest BCUT2D eigenvalue weighted by molar-refractivity contribution is -0.151. The molecule has 168 valence electrons. The molecule has 2 aliphatic heterocycles. The number of carbonyl (C=O) groups excluding carboxylic acids is 1. The fraction of sp³-hybridized carbons (Fsp3) is 0.471. The lowest BCUT2D eigenvalue weighted by atomic mass is 10.2. The first-order valence-corrected chi connectivity index (χ1v) is 9.33. The molecule has 0 radical (unpaired) electrons. The molecule has 4 rings (SSSR count). The first kappa shape index (κ1) is 21.2. The van der Waals surface area contributed by atoms with Gasteiger partial charge in [-0.15, -0.1) is 0 Å². The predicted molar refractivity (Wildman–Crippen MR) is 99.3 cm³/mol. The minimum absolute atomic E-state index is 0.0225. The smallest absolute Gasteiger partial charge is 0.353 e. The van der Waals surface area contributed by atoms with Crippen LogP contribution in [0.4, 0.5) is 27.8 Å². The molecule has 0 spiro atoms. The molecule has 2 aromatic heterocycles. The zero-order valence-corrected chi connectivity index (χ0v) is 16.2. The summed E-state index contributed by atoms with van der Waals surface area (Å²) in [7, 11) is 1.38. The van der Waals surface area contributed by atoms with E-state index in [1.807, 2.05) is 0 Å². The standard InChI is InChI=1S/C17H19F5N8O/c1-28-7-10(13(27-28)17(20,21)22)25-16(31)9-6-24-30-4-2-12(26-15(9)30)29-5-3-23-11(8-29)14(18)19/h2,4,6-7,11,13-14,23,27H,3,5,8H2,1H3,(H,25,31). The van der Waals surface area contributed by atoms with E-state index in [2.05, 4.69) is 26.1 Å². The molecular weight excluding hydrogens is 427 g/mol. The van der Waals surface area contributed by atoms with E-state index in [9.17, 15) is 26.7 Å². The molecule has 2 unspecified atom stereocenters. The van der Waals surface area contributed by atoms with Crippen LogP contribution in [0.3, 0.4) is 0 Å². The van der Waals surface area contributed by atoms with E-state index in [1.165, 1.54) is 24.0 Å². The summed E-state index contributed by atoms with van der Waals surface area (Å²) >= 11 is 0. The molecule has 2 aromatic rings. The average molecular weight is 446 g/mol. The summed E-state index contributed by atoms with van der Waals surface area (Å²) < 4.78 is 67.0. The molecule has 2 aliphatic rings. The third-order valence-corrected chi connectivity index (χ3v) is 4.99. The van der Waals surface area contributed by atoms with Gasteiger partial charge < -0.3 is 20.5 Å². The predicted octanol–water partition coefficient (Wildman–Crippen LogP) is 0.725. The van der Waals surface area contributed by atoms with Gasteiger partial charge >= 0.3 is 6.18 Å². The van der Waals surface area contributed by atoms with E-state index in [4.69, 9.17) is 0 Å². The van der Waals surface area contributed by atoms with Gasteiger partial charge in [0, 0.05) is 39.1 Å². The maximum atomic E-state index is 13.2. The zero-order valence-electron chi connectivity index (χ0n) is 16.2. The summed E-state index contributed by atoms with van der Waals surface area (Å²) in [6.07, 6.45) is -3.32. The number of piperazine rings is 1. The van der Waals surface area contributed by atoms with Crippen LogP contribution in [0.25, 0.3) is 5.65 Å². The quantitative estimate of drug-likeness (QED) is 0.597. The van der Waals surface area contributed by atoms with Crippen LogP contribution in [0.2, 0.25) is 0 Å². The van der Waals surface area contributed by atoms with Gasteiger partial charge in [-0.25, -0.2) is 23.7 Å². The third kappa shape index (κ3) is 4.25. The van der Waals surface area contributed by atoms with Crippen molar-refractivity contribution in [2.24, 2.45) is 0 Å². The summed E-state index contributed by atoms with van der Waals surface area (Å²) in [5, 5.41) is 10.1. The second-order valence-corrected chi connectivity index (χ2v) is 7.21. The van der Waals surface area contributed by atoms with Crippen LogP contribution in [0.15, 0.2) is 30.4 Å². The average Bonchev–Trinajstić information content (AvgIpc) is 3.30. The van der Waals surface area contributed by atoms with Crippen molar-refractivity contribution < 1.29 is 26.7 Å². The number of nitrogens with zero attached hydrogens (tertiary/aromatic N) is 5. The second kappa shape index (κ2) is 7.92. The van der Waals surface area contributed by atoms with E-state index < -0.39 is 30.6 Å². The maximum absolute atomic E-state index is 13.2. The molecule has 2 atom stereocenters. The number of nitrogens with one attached hydrogen (secondary N) is 3. The number of fused-ring (bicyclic) bond motifs is 1. The largest absolute Gasteiger partial charge is 0.411 e. The summed E-state index contributed by atoms with van der Waals surface area (Å²) in [4.78, 5) is 18.7. The van der Waals surface area contributed by atoms with Crippen molar-refractivity contribution in [3.8, 4) is 0 Å². The van der Waals surface area contributed by atoms with Gasteiger partial charge in [-0.1, -0.05) is 0 Å². The fourth-order valence-electron chi connectivity index (χ4n) is 3.50. The number of alkyl halides is 5. The van der Waals surface area contributed by atoms with Gasteiger partial charge in [0.15, 0.2) is 11.7 Å².